The minimum atomic E-state index is -1.22. The van der Waals surface area contributed by atoms with Crippen molar-refractivity contribution in [1.82, 2.24) is 4.90 Å². The van der Waals surface area contributed by atoms with Gasteiger partial charge >= 0.3 is 0 Å². The van der Waals surface area contributed by atoms with Crippen LogP contribution in [-0.2, 0) is 27.5 Å². The van der Waals surface area contributed by atoms with Gasteiger partial charge in [-0.3, -0.25) is 14.4 Å². The average molecular weight is 375 g/mol. The Bertz CT molecular complexity index is 878. The fourth-order valence-electron chi connectivity index (χ4n) is 5.13. The predicted molar refractivity (Wildman–Crippen MR) is 106 cm³/mol. The molecule has 144 valence electrons. The number of carbonyl (C=O) groups excluding carboxylic acids is 3. The van der Waals surface area contributed by atoms with Crippen molar-refractivity contribution in [3.05, 3.63) is 71.8 Å². The van der Waals surface area contributed by atoms with Gasteiger partial charge in [0, 0.05) is 19.0 Å². The summed E-state index contributed by atoms with van der Waals surface area (Å²) < 4.78 is 0. The standard InChI is InChI=1S/C24H25NO3/c1-23(2)19-13-14-24(23,21(27)20(19)26)22(28)25(15-17-9-5-3-6-10-17)16-18-11-7-4-8-12-18/h3-12,19H,13-16H2,1-2H3. The molecule has 2 unspecified atom stereocenters. The van der Waals surface area contributed by atoms with Gasteiger partial charge in [0.25, 0.3) is 0 Å². The summed E-state index contributed by atoms with van der Waals surface area (Å²) in [7, 11) is 0. The molecule has 2 aliphatic rings. The highest BCUT2D eigenvalue weighted by Crippen LogP contribution is 2.63. The van der Waals surface area contributed by atoms with Crippen molar-refractivity contribution in [1.29, 1.82) is 0 Å². The van der Waals surface area contributed by atoms with Crippen LogP contribution in [0.4, 0.5) is 0 Å². The zero-order chi connectivity index (χ0) is 19.9. The Kier molecular flexibility index (Phi) is 4.45. The van der Waals surface area contributed by atoms with Crippen LogP contribution in [0.15, 0.2) is 60.7 Å². The number of fused-ring (bicyclic) bond motifs is 2. The molecule has 2 fully saturated rings. The van der Waals surface area contributed by atoms with Crippen LogP contribution in [-0.4, -0.2) is 22.4 Å². The van der Waals surface area contributed by atoms with Crippen LogP contribution < -0.4 is 0 Å². The Morgan fingerprint density at radius 1 is 0.929 bits per heavy atom. The lowest BCUT2D eigenvalue weighted by Gasteiger charge is -2.38. The largest absolute Gasteiger partial charge is 0.333 e. The summed E-state index contributed by atoms with van der Waals surface area (Å²) in [6.45, 7) is 4.65. The first-order valence-electron chi connectivity index (χ1n) is 9.84. The van der Waals surface area contributed by atoms with Crippen molar-refractivity contribution in [2.75, 3.05) is 0 Å². The Morgan fingerprint density at radius 2 is 1.43 bits per heavy atom. The first-order valence-corrected chi connectivity index (χ1v) is 9.84. The van der Waals surface area contributed by atoms with Gasteiger partial charge in [0.1, 0.15) is 5.41 Å². The summed E-state index contributed by atoms with van der Waals surface area (Å²) in [5.41, 5.74) is 0.155. The number of carbonyl (C=O) groups is 3. The van der Waals surface area contributed by atoms with Gasteiger partial charge < -0.3 is 4.90 Å². The average Bonchev–Trinajstić information content (AvgIpc) is 3.05. The monoisotopic (exact) mass is 375 g/mol. The third-order valence-corrected chi connectivity index (χ3v) is 6.79. The van der Waals surface area contributed by atoms with E-state index in [2.05, 4.69) is 0 Å². The molecule has 2 aromatic rings. The van der Waals surface area contributed by atoms with Crippen LogP contribution in [0.1, 0.15) is 37.8 Å². The van der Waals surface area contributed by atoms with Crippen LogP contribution in [0, 0.1) is 16.7 Å². The number of ketones is 2. The van der Waals surface area contributed by atoms with E-state index in [-0.39, 0.29) is 17.6 Å². The van der Waals surface area contributed by atoms with E-state index in [0.717, 1.165) is 11.1 Å². The molecule has 2 aromatic carbocycles. The Morgan fingerprint density at radius 3 is 1.86 bits per heavy atom. The van der Waals surface area contributed by atoms with E-state index in [1.165, 1.54) is 0 Å². The normalized spacial score (nSPS) is 25.1. The molecule has 4 heteroatoms. The second-order valence-electron chi connectivity index (χ2n) is 8.54. The number of hydrogen-bond donors (Lipinski definition) is 0. The van der Waals surface area contributed by atoms with E-state index in [1.807, 2.05) is 74.5 Å². The van der Waals surface area contributed by atoms with Gasteiger partial charge in [-0.15, -0.1) is 0 Å². The van der Waals surface area contributed by atoms with Gasteiger partial charge in [-0.2, -0.15) is 0 Å². The summed E-state index contributed by atoms with van der Waals surface area (Å²) in [6, 6.07) is 19.6. The summed E-state index contributed by atoms with van der Waals surface area (Å²) in [6.07, 6.45) is 1.09. The molecule has 0 spiro atoms. The zero-order valence-electron chi connectivity index (χ0n) is 16.4. The van der Waals surface area contributed by atoms with Crippen LogP contribution in [0.3, 0.4) is 0 Å². The predicted octanol–water partition coefficient (Wildman–Crippen LogP) is 3.79. The molecule has 28 heavy (non-hydrogen) atoms. The van der Waals surface area contributed by atoms with Crippen molar-refractivity contribution in [3.63, 3.8) is 0 Å². The highest BCUT2D eigenvalue weighted by molar-refractivity contribution is 6.47. The maximum atomic E-state index is 13.9. The molecule has 0 radical (unpaired) electrons. The van der Waals surface area contributed by atoms with Crippen LogP contribution in [0.2, 0.25) is 0 Å². The number of hydrogen-bond acceptors (Lipinski definition) is 3. The third-order valence-electron chi connectivity index (χ3n) is 6.79. The number of benzene rings is 2. The van der Waals surface area contributed by atoms with Crippen molar-refractivity contribution in [2.45, 2.75) is 39.8 Å². The molecule has 2 aliphatic carbocycles. The van der Waals surface area contributed by atoms with Gasteiger partial charge in [0.15, 0.2) is 0 Å². The minimum Gasteiger partial charge on any atom is -0.333 e. The first-order chi connectivity index (χ1) is 13.4. The summed E-state index contributed by atoms with van der Waals surface area (Å²) in [5.74, 6) is -1.38. The molecule has 0 aromatic heterocycles. The molecule has 1 amide bonds. The number of Topliss-reactive ketones (excluding diaryl/α,β-unsaturated/α-hetero) is 2. The highest BCUT2D eigenvalue weighted by Gasteiger charge is 2.73. The SMILES string of the molecule is CC1(C)C2CCC1(C(=O)N(Cc1ccccc1)Cc1ccccc1)C(=O)C2=O. The quantitative estimate of drug-likeness (QED) is 0.590. The maximum absolute atomic E-state index is 13.9. The topological polar surface area (TPSA) is 54.5 Å². The molecule has 2 saturated carbocycles. The lowest BCUT2D eigenvalue weighted by Crippen LogP contribution is -2.51. The number of rotatable bonds is 5. The molecule has 0 aliphatic heterocycles. The molecule has 2 atom stereocenters. The van der Waals surface area contributed by atoms with E-state index in [0.29, 0.717) is 25.9 Å². The molecular weight excluding hydrogens is 350 g/mol. The summed E-state index contributed by atoms with van der Waals surface area (Å²) in [5, 5.41) is 0. The number of nitrogens with zero attached hydrogens (tertiary/aromatic N) is 1. The van der Waals surface area contributed by atoms with Gasteiger partial charge in [0.05, 0.1) is 0 Å². The second-order valence-corrected chi connectivity index (χ2v) is 8.54. The van der Waals surface area contributed by atoms with Gasteiger partial charge in [-0.1, -0.05) is 74.5 Å². The fourth-order valence-corrected chi connectivity index (χ4v) is 5.13. The zero-order valence-corrected chi connectivity index (χ0v) is 16.4. The van der Waals surface area contributed by atoms with Crippen LogP contribution in [0.25, 0.3) is 0 Å². The van der Waals surface area contributed by atoms with Gasteiger partial charge in [-0.05, 0) is 29.4 Å². The van der Waals surface area contributed by atoms with Crippen molar-refractivity contribution in [3.8, 4) is 0 Å². The van der Waals surface area contributed by atoms with Gasteiger partial charge in [0.2, 0.25) is 17.5 Å². The van der Waals surface area contributed by atoms with Crippen LogP contribution >= 0.6 is 0 Å². The first kappa shape index (κ1) is 18.6. The Labute approximate surface area is 165 Å². The van der Waals surface area contributed by atoms with E-state index >= 15 is 0 Å². The van der Waals surface area contributed by atoms with Crippen molar-refractivity contribution < 1.29 is 14.4 Å². The van der Waals surface area contributed by atoms with E-state index in [1.54, 1.807) is 4.90 Å². The van der Waals surface area contributed by atoms with E-state index in [4.69, 9.17) is 0 Å². The summed E-state index contributed by atoms with van der Waals surface area (Å²) >= 11 is 0. The van der Waals surface area contributed by atoms with Crippen molar-refractivity contribution in [2.24, 2.45) is 16.7 Å². The molecule has 2 bridgehead atoms. The van der Waals surface area contributed by atoms with Crippen molar-refractivity contribution >= 4 is 17.5 Å². The van der Waals surface area contributed by atoms with E-state index in [9.17, 15) is 14.4 Å². The molecule has 0 heterocycles. The smallest absolute Gasteiger partial charge is 0.237 e. The maximum Gasteiger partial charge on any atom is 0.237 e. The minimum absolute atomic E-state index is 0.205. The fraction of sp³-hybridized carbons (Fsp3) is 0.375. The Hall–Kier alpha value is -2.75. The van der Waals surface area contributed by atoms with E-state index < -0.39 is 16.6 Å². The lowest BCUT2D eigenvalue weighted by atomic mass is 9.68. The molecule has 4 nitrogen and oxygen atoms in total. The van der Waals surface area contributed by atoms with Gasteiger partial charge in [-0.25, -0.2) is 0 Å². The second kappa shape index (κ2) is 6.69. The Balaban J connectivity index is 1.72. The highest BCUT2D eigenvalue weighted by atomic mass is 16.2. The molecule has 4 rings (SSSR count). The molecular formula is C24H25NO3. The summed E-state index contributed by atoms with van der Waals surface area (Å²) in [4.78, 5) is 41.1. The number of amides is 1. The molecule has 0 saturated heterocycles. The third kappa shape index (κ3) is 2.62. The molecule has 0 N–H and O–H groups in total. The van der Waals surface area contributed by atoms with Crippen LogP contribution in [0.5, 0.6) is 0 Å². The lowest BCUT2D eigenvalue weighted by molar-refractivity contribution is -0.156.